The molecule has 0 aromatic heterocycles. The topological polar surface area (TPSA) is 102 Å². The van der Waals surface area contributed by atoms with Crippen molar-refractivity contribution in [2.24, 2.45) is 0 Å². The molecule has 7 nitrogen and oxygen atoms in total. The third-order valence-electron chi connectivity index (χ3n) is 4.55. The molecule has 1 fully saturated rings. The average molecular weight is 371 g/mol. The molecule has 1 aromatic rings. The van der Waals surface area contributed by atoms with Crippen molar-refractivity contribution in [1.29, 1.82) is 0 Å². The van der Waals surface area contributed by atoms with Crippen molar-refractivity contribution in [3.8, 4) is 0 Å². The number of carbonyl (C=O) groups is 2. The third kappa shape index (κ3) is 4.89. The van der Waals surface area contributed by atoms with Gasteiger partial charge in [-0.3, -0.25) is 9.69 Å². The molecular formula is C17H23F2N3O4. The number of nitrogens with zero attached hydrogens (tertiary/aromatic N) is 1. The van der Waals surface area contributed by atoms with Crippen molar-refractivity contribution >= 4 is 12.0 Å². The highest BCUT2D eigenvalue weighted by atomic mass is 19.1. The van der Waals surface area contributed by atoms with Crippen LogP contribution in [0.5, 0.6) is 0 Å². The average Bonchev–Trinajstić information content (AvgIpc) is 2.54. The predicted octanol–water partition coefficient (Wildman–Crippen LogP) is 1.23. The first-order chi connectivity index (χ1) is 12.3. The van der Waals surface area contributed by atoms with Gasteiger partial charge in [0, 0.05) is 17.6 Å². The van der Waals surface area contributed by atoms with Crippen molar-refractivity contribution in [3.05, 3.63) is 35.4 Å². The molecule has 4 N–H and O–H groups in total. The lowest BCUT2D eigenvalue weighted by atomic mass is 9.85. The minimum atomic E-state index is -1.20. The number of aliphatic hydroxyl groups excluding tert-OH is 1. The van der Waals surface area contributed by atoms with Gasteiger partial charge in [-0.1, -0.05) is 13.0 Å². The highest BCUT2D eigenvalue weighted by molar-refractivity contribution is 5.75. The second-order valence-corrected chi connectivity index (χ2v) is 6.27. The highest BCUT2D eigenvalue weighted by Crippen LogP contribution is 2.26. The molecule has 144 valence electrons. The van der Waals surface area contributed by atoms with Crippen LogP contribution in [-0.2, 0) is 4.79 Å². The van der Waals surface area contributed by atoms with Crippen LogP contribution in [0.4, 0.5) is 13.6 Å². The maximum absolute atomic E-state index is 13.8. The summed E-state index contributed by atoms with van der Waals surface area (Å²) in [4.78, 5) is 24.7. The Morgan fingerprint density at radius 2 is 1.92 bits per heavy atom. The molecule has 0 heterocycles. The fourth-order valence-corrected chi connectivity index (χ4v) is 3.11. The summed E-state index contributed by atoms with van der Waals surface area (Å²) in [5.41, 5.74) is -0.393. The van der Waals surface area contributed by atoms with Crippen molar-refractivity contribution in [2.45, 2.75) is 37.9 Å². The van der Waals surface area contributed by atoms with E-state index in [2.05, 4.69) is 10.6 Å². The van der Waals surface area contributed by atoms with Gasteiger partial charge in [-0.05, 0) is 31.5 Å². The molecule has 2 rings (SSSR count). The minimum absolute atomic E-state index is 0.0563. The predicted molar refractivity (Wildman–Crippen MR) is 89.5 cm³/mol. The number of aliphatic carboxylic acids is 1. The van der Waals surface area contributed by atoms with E-state index in [0.29, 0.717) is 19.4 Å². The number of rotatable bonds is 8. The molecule has 1 aliphatic rings. The highest BCUT2D eigenvalue weighted by Gasteiger charge is 2.35. The fraction of sp³-hybridized carbons (Fsp3) is 0.529. The van der Waals surface area contributed by atoms with Crippen molar-refractivity contribution in [3.63, 3.8) is 0 Å². The molecule has 26 heavy (non-hydrogen) atoms. The van der Waals surface area contributed by atoms with Crippen molar-refractivity contribution < 1.29 is 28.6 Å². The fourth-order valence-electron chi connectivity index (χ4n) is 3.11. The normalized spacial score (nSPS) is 20.3. The van der Waals surface area contributed by atoms with E-state index in [0.717, 1.165) is 12.1 Å². The number of hydrogen-bond acceptors (Lipinski definition) is 4. The second kappa shape index (κ2) is 8.91. The van der Waals surface area contributed by atoms with Crippen LogP contribution in [0.2, 0.25) is 0 Å². The number of carboxylic acid groups (broad SMARTS) is 1. The number of aliphatic hydroxyl groups is 1. The number of carboxylic acids is 1. The van der Waals surface area contributed by atoms with Crippen LogP contribution in [0.15, 0.2) is 18.2 Å². The van der Waals surface area contributed by atoms with Crippen LogP contribution in [0.25, 0.3) is 0 Å². The summed E-state index contributed by atoms with van der Waals surface area (Å²) in [7, 11) is 0. The molecule has 2 amide bonds. The van der Waals surface area contributed by atoms with E-state index in [1.807, 2.05) is 11.8 Å². The van der Waals surface area contributed by atoms with E-state index < -0.39 is 41.8 Å². The van der Waals surface area contributed by atoms with Crippen LogP contribution in [0.3, 0.4) is 0 Å². The van der Waals surface area contributed by atoms with Gasteiger partial charge in [0.1, 0.15) is 11.6 Å². The molecule has 1 atom stereocenters. The maximum Gasteiger partial charge on any atom is 0.317 e. The van der Waals surface area contributed by atoms with Crippen LogP contribution >= 0.6 is 0 Å². The van der Waals surface area contributed by atoms with E-state index in [1.165, 1.54) is 6.07 Å². The Morgan fingerprint density at radius 3 is 2.42 bits per heavy atom. The summed E-state index contributed by atoms with van der Waals surface area (Å²) in [5, 5.41) is 23.3. The quantitative estimate of drug-likeness (QED) is 0.551. The van der Waals surface area contributed by atoms with Gasteiger partial charge in [-0.25, -0.2) is 13.6 Å². The first-order valence-corrected chi connectivity index (χ1v) is 8.43. The second-order valence-electron chi connectivity index (χ2n) is 6.27. The first-order valence-electron chi connectivity index (χ1n) is 8.43. The van der Waals surface area contributed by atoms with E-state index >= 15 is 0 Å². The maximum atomic E-state index is 13.8. The molecular weight excluding hydrogens is 348 g/mol. The molecule has 9 heteroatoms. The molecule has 0 bridgehead atoms. The summed E-state index contributed by atoms with van der Waals surface area (Å²) in [6.45, 7) is 1.75. The molecule has 0 aliphatic heterocycles. The number of nitrogens with one attached hydrogen (secondary N) is 2. The molecule has 1 aliphatic carbocycles. The van der Waals surface area contributed by atoms with Gasteiger partial charge < -0.3 is 20.8 Å². The number of likely N-dealkylation sites (N-methyl/N-ethyl adjacent to an activating group) is 1. The molecule has 1 aromatic carbocycles. The van der Waals surface area contributed by atoms with Crippen molar-refractivity contribution in [2.75, 3.05) is 19.7 Å². The minimum Gasteiger partial charge on any atom is -0.480 e. The summed E-state index contributed by atoms with van der Waals surface area (Å²) < 4.78 is 27.6. The lowest BCUT2D eigenvalue weighted by Gasteiger charge is -2.42. The van der Waals surface area contributed by atoms with Gasteiger partial charge in [0.05, 0.1) is 19.2 Å². The monoisotopic (exact) mass is 371 g/mol. The molecule has 1 unspecified atom stereocenters. The van der Waals surface area contributed by atoms with E-state index in [9.17, 15) is 23.5 Å². The molecule has 1 saturated carbocycles. The van der Waals surface area contributed by atoms with Crippen LogP contribution in [0, 0.1) is 11.6 Å². The SMILES string of the molecule is CCN(CC(=O)O)C1CC(NC(=O)NC(CO)c2c(F)cccc2F)C1. The molecule has 0 radical (unpaired) electrons. The van der Waals surface area contributed by atoms with Crippen LogP contribution < -0.4 is 10.6 Å². The number of hydrogen-bond donors (Lipinski definition) is 4. The number of amides is 2. The number of halogens is 2. The van der Waals surface area contributed by atoms with Gasteiger partial charge in [-0.2, -0.15) is 0 Å². The summed E-state index contributed by atoms with van der Waals surface area (Å²) in [6.07, 6.45) is 1.18. The summed E-state index contributed by atoms with van der Waals surface area (Å²) in [5.74, 6) is -2.60. The largest absolute Gasteiger partial charge is 0.480 e. The van der Waals surface area contributed by atoms with Gasteiger partial charge in [0.15, 0.2) is 0 Å². The van der Waals surface area contributed by atoms with Crippen molar-refractivity contribution in [1.82, 2.24) is 15.5 Å². The standard InChI is InChI=1S/C17H23F2N3O4/c1-2-22(8-15(24)25)11-6-10(7-11)20-17(26)21-14(9-23)16-12(18)4-3-5-13(16)19/h3-5,10-11,14,23H,2,6-9H2,1H3,(H,24,25)(H2,20,21,26). The summed E-state index contributed by atoms with van der Waals surface area (Å²) >= 11 is 0. The number of carbonyl (C=O) groups excluding carboxylic acids is 1. The molecule has 0 spiro atoms. The Morgan fingerprint density at radius 1 is 1.31 bits per heavy atom. The zero-order valence-electron chi connectivity index (χ0n) is 14.4. The Balaban J connectivity index is 1.86. The van der Waals surface area contributed by atoms with Gasteiger partial charge >= 0.3 is 12.0 Å². The zero-order chi connectivity index (χ0) is 19.3. The molecule has 0 saturated heterocycles. The number of urea groups is 1. The lowest BCUT2D eigenvalue weighted by Crippen LogP contribution is -2.56. The summed E-state index contributed by atoms with van der Waals surface area (Å²) in [6, 6.07) is 1.38. The van der Waals surface area contributed by atoms with E-state index in [1.54, 1.807) is 0 Å². The van der Waals surface area contributed by atoms with Crippen LogP contribution in [-0.4, -0.2) is 58.9 Å². The smallest absolute Gasteiger partial charge is 0.317 e. The van der Waals surface area contributed by atoms with Gasteiger partial charge in [-0.15, -0.1) is 0 Å². The Kier molecular flexibility index (Phi) is 6.87. The van der Waals surface area contributed by atoms with Gasteiger partial charge in [0.2, 0.25) is 0 Å². The van der Waals surface area contributed by atoms with Gasteiger partial charge in [0.25, 0.3) is 0 Å². The lowest BCUT2D eigenvalue weighted by molar-refractivity contribution is -0.139. The zero-order valence-corrected chi connectivity index (χ0v) is 14.4. The third-order valence-corrected chi connectivity index (χ3v) is 4.55. The van der Waals surface area contributed by atoms with E-state index in [-0.39, 0.29) is 18.6 Å². The Bertz CT molecular complexity index is 633. The first kappa shape index (κ1) is 20.1. The Labute approximate surface area is 150 Å². The number of benzene rings is 1. The van der Waals surface area contributed by atoms with Crippen LogP contribution in [0.1, 0.15) is 31.4 Å². The Hall–Kier alpha value is -2.26. The van der Waals surface area contributed by atoms with E-state index in [4.69, 9.17) is 5.11 Å².